The molecule has 1 aliphatic rings. The lowest BCUT2D eigenvalue weighted by atomic mass is 10.1. The molecule has 4 rings (SSSR count). The van der Waals surface area contributed by atoms with E-state index in [0.717, 1.165) is 30.4 Å². The summed E-state index contributed by atoms with van der Waals surface area (Å²) in [7, 11) is 0. The van der Waals surface area contributed by atoms with Crippen LogP contribution in [-0.4, -0.2) is 34.2 Å². The molecule has 0 unspecified atom stereocenters. The summed E-state index contributed by atoms with van der Waals surface area (Å²) >= 11 is 0. The molecule has 0 radical (unpaired) electrons. The van der Waals surface area contributed by atoms with Crippen molar-refractivity contribution in [1.82, 2.24) is 20.4 Å². The van der Waals surface area contributed by atoms with Gasteiger partial charge in [-0.3, -0.25) is 0 Å². The fourth-order valence-corrected chi connectivity index (χ4v) is 3.60. The van der Waals surface area contributed by atoms with Gasteiger partial charge in [0.2, 0.25) is 11.7 Å². The van der Waals surface area contributed by atoms with E-state index in [1.807, 2.05) is 49.4 Å². The fraction of sp³-hybridized carbons (Fsp3) is 0.318. The van der Waals surface area contributed by atoms with Crippen LogP contribution in [0.15, 0.2) is 59.1 Å². The largest absolute Gasteiger partial charge is 0.338 e. The van der Waals surface area contributed by atoms with Gasteiger partial charge in [-0.05, 0) is 37.8 Å². The maximum atomic E-state index is 12.7. The summed E-state index contributed by atoms with van der Waals surface area (Å²) in [5.41, 5.74) is 3.27. The first-order valence-electron chi connectivity index (χ1n) is 9.70. The second-order valence-electron chi connectivity index (χ2n) is 7.14. The second-order valence-corrected chi connectivity index (χ2v) is 7.14. The Morgan fingerprint density at radius 2 is 2.07 bits per heavy atom. The number of aromatic nitrogens is 2. The van der Waals surface area contributed by atoms with Crippen LogP contribution < -0.4 is 5.32 Å². The second kappa shape index (κ2) is 8.25. The maximum absolute atomic E-state index is 12.7. The van der Waals surface area contributed by atoms with Gasteiger partial charge >= 0.3 is 6.03 Å². The van der Waals surface area contributed by atoms with Crippen LogP contribution in [0.25, 0.3) is 11.4 Å². The number of amides is 2. The van der Waals surface area contributed by atoms with Crippen molar-refractivity contribution < 1.29 is 9.32 Å². The van der Waals surface area contributed by atoms with Gasteiger partial charge in [0, 0.05) is 18.7 Å². The third kappa shape index (κ3) is 4.06. The highest BCUT2D eigenvalue weighted by molar-refractivity contribution is 5.75. The van der Waals surface area contributed by atoms with Crippen molar-refractivity contribution in [3.63, 3.8) is 0 Å². The van der Waals surface area contributed by atoms with Gasteiger partial charge in [-0.25, -0.2) is 4.79 Å². The van der Waals surface area contributed by atoms with E-state index in [1.54, 1.807) is 4.90 Å². The van der Waals surface area contributed by atoms with Crippen LogP contribution in [0.2, 0.25) is 0 Å². The number of likely N-dealkylation sites (tertiary alicyclic amines) is 1. The highest BCUT2D eigenvalue weighted by Gasteiger charge is 2.34. The van der Waals surface area contributed by atoms with E-state index in [9.17, 15) is 4.79 Å². The van der Waals surface area contributed by atoms with Crippen molar-refractivity contribution >= 4 is 6.03 Å². The molecule has 0 saturated carbocycles. The average Bonchev–Trinajstić information content (AvgIpc) is 3.38. The first kappa shape index (κ1) is 18.2. The molecule has 2 amide bonds. The number of aryl methyl sites for hydroxylation is 1. The number of benzene rings is 2. The van der Waals surface area contributed by atoms with Gasteiger partial charge in [0.15, 0.2) is 0 Å². The quantitative estimate of drug-likeness (QED) is 0.727. The summed E-state index contributed by atoms with van der Waals surface area (Å²) in [6.45, 7) is 3.33. The number of rotatable bonds is 5. The molecule has 1 saturated heterocycles. The van der Waals surface area contributed by atoms with Crippen molar-refractivity contribution in [3.8, 4) is 11.4 Å². The molecule has 1 N–H and O–H groups in total. The zero-order chi connectivity index (χ0) is 19.3. The number of hydrogen-bond donors (Lipinski definition) is 1. The molecule has 6 nitrogen and oxygen atoms in total. The van der Waals surface area contributed by atoms with Crippen LogP contribution >= 0.6 is 0 Å². The molecule has 1 aliphatic heterocycles. The Kier molecular flexibility index (Phi) is 5.37. The first-order chi connectivity index (χ1) is 13.7. The van der Waals surface area contributed by atoms with Crippen LogP contribution in [0.4, 0.5) is 4.79 Å². The predicted molar refractivity (Wildman–Crippen MR) is 107 cm³/mol. The molecule has 0 aliphatic carbocycles. The summed E-state index contributed by atoms with van der Waals surface area (Å²) < 4.78 is 5.51. The maximum Gasteiger partial charge on any atom is 0.318 e. The summed E-state index contributed by atoms with van der Waals surface area (Å²) in [4.78, 5) is 19.0. The monoisotopic (exact) mass is 376 g/mol. The van der Waals surface area contributed by atoms with E-state index in [1.165, 1.54) is 5.56 Å². The van der Waals surface area contributed by atoms with Crippen molar-refractivity contribution in [2.75, 3.05) is 13.1 Å². The third-order valence-electron chi connectivity index (χ3n) is 5.05. The Hall–Kier alpha value is -3.15. The van der Waals surface area contributed by atoms with Gasteiger partial charge in [-0.2, -0.15) is 4.98 Å². The fourth-order valence-electron chi connectivity index (χ4n) is 3.60. The van der Waals surface area contributed by atoms with E-state index in [2.05, 4.69) is 27.6 Å². The highest BCUT2D eigenvalue weighted by Crippen LogP contribution is 2.32. The zero-order valence-electron chi connectivity index (χ0n) is 16.0. The molecular formula is C22H24N4O2. The minimum absolute atomic E-state index is 0.0752. The number of carbonyl (C=O) groups is 1. The predicted octanol–water partition coefficient (Wildman–Crippen LogP) is 4.13. The van der Waals surface area contributed by atoms with Gasteiger partial charge in [0.25, 0.3) is 0 Å². The molecule has 1 fully saturated rings. The average molecular weight is 376 g/mol. The topological polar surface area (TPSA) is 71.3 Å². The molecule has 2 heterocycles. The standard InChI is InChI=1S/C22H24N4O2/c1-16-7-5-10-18(15-16)20-24-21(28-25-20)19-11-6-14-26(19)22(27)23-13-12-17-8-3-2-4-9-17/h2-5,7-10,15,19H,6,11-14H2,1H3,(H,23,27)/t19-/m1/s1. The van der Waals surface area contributed by atoms with Crippen molar-refractivity contribution in [1.29, 1.82) is 0 Å². The number of carbonyl (C=O) groups excluding carboxylic acids is 1. The molecule has 3 aromatic rings. The minimum Gasteiger partial charge on any atom is -0.338 e. The number of nitrogens with one attached hydrogen (secondary N) is 1. The van der Waals surface area contributed by atoms with Crippen molar-refractivity contribution in [3.05, 3.63) is 71.6 Å². The summed E-state index contributed by atoms with van der Waals surface area (Å²) in [6, 6.07) is 17.9. The van der Waals surface area contributed by atoms with Crippen LogP contribution in [0.5, 0.6) is 0 Å². The van der Waals surface area contributed by atoms with Crippen molar-refractivity contribution in [2.24, 2.45) is 0 Å². The van der Waals surface area contributed by atoms with Crippen LogP contribution in [0.1, 0.15) is 35.9 Å². The van der Waals surface area contributed by atoms with E-state index in [4.69, 9.17) is 4.52 Å². The zero-order valence-corrected chi connectivity index (χ0v) is 16.0. The molecule has 2 aromatic carbocycles. The Morgan fingerprint density at radius 3 is 2.89 bits per heavy atom. The molecule has 1 aromatic heterocycles. The van der Waals surface area contributed by atoms with Crippen LogP contribution in [0.3, 0.4) is 0 Å². The van der Waals surface area contributed by atoms with Gasteiger partial charge in [0.05, 0.1) is 0 Å². The number of nitrogens with zero attached hydrogens (tertiary/aromatic N) is 3. The summed E-state index contributed by atoms with van der Waals surface area (Å²) in [5.74, 6) is 1.07. The SMILES string of the molecule is Cc1cccc(-c2noc([C@H]3CCCN3C(=O)NCCc3ccccc3)n2)c1. The lowest BCUT2D eigenvalue weighted by Gasteiger charge is -2.22. The Labute approximate surface area is 164 Å². The van der Waals surface area contributed by atoms with E-state index in [-0.39, 0.29) is 12.1 Å². The van der Waals surface area contributed by atoms with Gasteiger partial charge < -0.3 is 14.7 Å². The van der Waals surface area contributed by atoms with Crippen LogP contribution in [0, 0.1) is 6.92 Å². The lowest BCUT2D eigenvalue weighted by Crippen LogP contribution is -2.40. The molecule has 0 spiro atoms. The molecular weight excluding hydrogens is 352 g/mol. The highest BCUT2D eigenvalue weighted by atomic mass is 16.5. The molecule has 144 valence electrons. The molecule has 6 heteroatoms. The third-order valence-corrected chi connectivity index (χ3v) is 5.05. The molecule has 0 bridgehead atoms. The molecule has 1 atom stereocenters. The van der Waals surface area contributed by atoms with Crippen molar-refractivity contribution in [2.45, 2.75) is 32.2 Å². The van der Waals surface area contributed by atoms with E-state index < -0.39 is 0 Å². The van der Waals surface area contributed by atoms with Crippen LogP contribution in [-0.2, 0) is 6.42 Å². The Bertz CT molecular complexity index is 938. The Balaban J connectivity index is 1.40. The molecule has 28 heavy (non-hydrogen) atoms. The first-order valence-corrected chi connectivity index (χ1v) is 9.70. The Morgan fingerprint density at radius 1 is 1.21 bits per heavy atom. The van der Waals surface area contributed by atoms with Gasteiger partial charge in [-0.1, -0.05) is 59.3 Å². The van der Waals surface area contributed by atoms with Gasteiger partial charge in [0.1, 0.15) is 6.04 Å². The summed E-state index contributed by atoms with van der Waals surface area (Å²) in [5, 5.41) is 7.14. The lowest BCUT2D eigenvalue weighted by molar-refractivity contribution is 0.180. The van der Waals surface area contributed by atoms with E-state index in [0.29, 0.717) is 24.8 Å². The van der Waals surface area contributed by atoms with E-state index >= 15 is 0 Å². The number of urea groups is 1. The normalized spacial score (nSPS) is 16.3. The minimum atomic E-state index is -0.164. The summed E-state index contributed by atoms with van der Waals surface area (Å²) in [6.07, 6.45) is 2.57. The van der Waals surface area contributed by atoms with Gasteiger partial charge in [-0.15, -0.1) is 0 Å². The number of hydrogen-bond acceptors (Lipinski definition) is 4. The smallest absolute Gasteiger partial charge is 0.318 e.